The van der Waals surface area contributed by atoms with Crippen molar-refractivity contribution in [1.82, 2.24) is 0 Å². The predicted octanol–water partition coefficient (Wildman–Crippen LogP) is 3.10. The molecule has 2 N–H and O–H groups in total. The standard InChI is InChI=1S/C16H17NO3S/c1-19-12-5-8-14(16(17)18)15(9-12)20-10-11-3-6-13(21-2)7-4-11/h3-9H,10H2,1-2H3,(H2,17,18). The highest BCUT2D eigenvalue weighted by molar-refractivity contribution is 7.98. The zero-order valence-corrected chi connectivity index (χ0v) is 12.8. The average Bonchev–Trinajstić information content (AvgIpc) is 2.52. The maximum atomic E-state index is 11.4. The lowest BCUT2D eigenvalue weighted by Crippen LogP contribution is -2.13. The molecular formula is C16H17NO3S. The zero-order chi connectivity index (χ0) is 15.2. The molecule has 2 rings (SSSR count). The molecule has 2 aromatic carbocycles. The molecule has 0 unspecified atom stereocenters. The van der Waals surface area contributed by atoms with Crippen LogP contribution in [0.2, 0.25) is 0 Å². The smallest absolute Gasteiger partial charge is 0.252 e. The molecular weight excluding hydrogens is 286 g/mol. The Labute approximate surface area is 128 Å². The number of rotatable bonds is 6. The van der Waals surface area contributed by atoms with Gasteiger partial charge < -0.3 is 15.2 Å². The van der Waals surface area contributed by atoms with Crippen LogP contribution in [0.3, 0.4) is 0 Å². The summed E-state index contributed by atoms with van der Waals surface area (Å²) in [6, 6.07) is 13.0. The zero-order valence-electron chi connectivity index (χ0n) is 12.0. The Balaban J connectivity index is 2.15. The van der Waals surface area contributed by atoms with E-state index < -0.39 is 5.91 Å². The molecule has 0 aliphatic rings. The van der Waals surface area contributed by atoms with Gasteiger partial charge in [0, 0.05) is 11.0 Å². The molecule has 110 valence electrons. The van der Waals surface area contributed by atoms with Crippen molar-refractivity contribution in [3.63, 3.8) is 0 Å². The average molecular weight is 303 g/mol. The summed E-state index contributed by atoms with van der Waals surface area (Å²) in [6.45, 7) is 0.363. The first-order valence-corrected chi connectivity index (χ1v) is 7.60. The van der Waals surface area contributed by atoms with E-state index in [2.05, 4.69) is 0 Å². The largest absolute Gasteiger partial charge is 0.497 e. The van der Waals surface area contributed by atoms with E-state index in [1.165, 1.54) is 4.90 Å². The van der Waals surface area contributed by atoms with Crippen molar-refractivity contribution in [3.8, 4) is 11.5 Å². The first kappa shape index (κ1) is 15.3. The molecule has 0 spiro atoms. The Bertz CT molecular complexity index is 626. The van der Waals surface area contributed by atoms with Crippen LogP contribution in [0.25, 0.3) is 0 Å². The van der Waals surface area contributed by atoms with Gasteiger partial charge in [-0.1, -0.05) is 12.1 Å². The van der Waals surface area contributed by atoms with Crippen LogP contribution in [0.4, 0.5) is 0 Å². The van der Waals surface area contributed by atoms with Gasteiger partial charge in [-0.3, -0.25) is 4.79 Å². The van der Waals surface area contributed by atoms with Crippen LogP contribution in [-0.2, 0) is 6.61 Å². The van der Waals surface area contributed by atoms with E-state index in [0.717, 1.165) is 5.56 Å². The summed E-state index contributed by atoms with van der Waals surface area (Å²) < 4.78 is 10.8. The summed E-state index contributed by atoms with van der Waals surface area (Å²) >= 11 is 1.68. The number of carbonyl (C=O) groups is 1. The van der Waals surface area contributed by atoms with Crippen molar-refractivity contribution in [1.29, 1.82) is 0 Å². The van der Waals surface area contributed by atoms with Gasteiger partial charge in [-0.15, -0.1) is 11.8 Å². The number of hydrogen-bond acceptors (Lipinski definition) is 4. The van der Waals surface area contributed by atoms with Crippen LogP contribution >= 0.6 is 11.8 Å². The predicted molar refractivity (Wildman–Crippen MR) is 84.1 cm³/mol. The quantitative estimate of drug-likeness (QED) is 0.833. The Kier molecular flexibility index (Phi) is 5.11. The van der Waals surface area contributed by atoms with Crippen molar-refractivity contribution in [2.24, 2.45) is 5.73 Å². The second-order valence-electron chi connectivity index (χ2n) is 4.36. The van der Waals surface area contributed by atoms with Gasteiger partial charge in [0.2, 0.25) is 0 Å². The van der Waals surface area contributed by atoms with Crippen LogP contribution in [0.1, 0.15) is 15.9 Å². The van der Waals surface area contributed by atoms with Crippen molar-refractivity contribution in [2.45, 2.75) is 11.5 Å². The number of methoxy groups -OCH3 is 1. The highest BCUT2D eigenvalue weighted by Gasteiger charge is 2.11. The fraction of sp³-hybridized carbons (Fsp3) is 0.188. The second kappa shape index (κ2) is 7.04. The van der Waals surface area contributed by atoms with Gasteiger partial charge >= 0.3 is 0 Å². The van der Waals surface area contributed by atoms with E-state index in [9.17, 15) is 4.79 Å². The first-order valence-electron chi connectivity index (χ1n) is 6.37. The summed E-state index contributed by atoms with van der Waals surface area (Å²) in [5.41, 5.74) is 6.71. The summed E-state index contributed by atoms with van der Waals surface area (Å²) in [5.74, 6) is 0.522. The van der Waals surface area contributed by atoms with Gasteiger partial charge in [-0.25, -0.2) is 0 Å². The van der Waals surface area contributed by atoms with Gasteiger partial charge in [-0.2, -0.15) is 0 Å². The highest BCUT2D eigenvalue weighted by Crippen LogP contribution is 2.25. The number of benzene rings is 2. The molecule has 0 saturated carbocycles. The number of nitrogens with two attached hydrogens (primary N) is 1. The van der Waals surface area contributed by atoms with Gasteiger partial charge in [0.25, 0.3) is 5.91 Å². The molecule has 0 aliphatic carbocycles. The van der Waals surface area contributed by atoms with Crippen molar-refractivity contribution >= 4 is 17.7 Å². The molecule has 0 bridgehead atoms. The van der Waals surface area contributed by atoms with Gasteiger partial charge in [0.05, 0.1) is 12.7 Å². The van der Waals surface area contributed by atoms with E-state index in [4.69, 9.17) is 15.2 Å². The Morgan fingerprint density at radius 3 is 2.48 bits per heavy atom. The molecule has 21 heavy (non-hydrogen) atoms. The molecule has 0 saturated heterocycles. The summed E-state index contributed by atoms with van der Waals surface area (Å²) in [4.78, 5) is 12.6. The van der Waals surface area contributed by atoms with E-state index in [-0.39, 0.29) is 0 Å². The summed E-state index contributed by atoms with van der Waals surface area (Å²) in [5, 5.41) is 0. The minimum absolute atomic E-state index is 0.344. The second-order valence-corrected chi connectivity index (χ2v) is 5.24. The molecule has 1 amide bonds. The maximum Gasteiger partial charge on any atom is 0.252 e. The number of carbonyl (C=O) groups excluding carboxylic acids is 1. The lowest BCUT2D eigenvalue weighted by Gasteiger charge is -2.11. The topological polar surface area (TPSA) is 61.5 Å². The molecule has 0 aliphatic heterocycles. The minimum atomic E-state index is -0.523. The monoisotopic (exact) mass is 303 g/mol. The van der Waals surface area contributed by atoms with Crippen LogP contribution in [-0.4, -0.2) is 19.3 Å². The number of thioether (sulfide) groups is 1. The van der Waals surface area contributed by atoms with Crippen molar-refractivity contribution in [2.75, 3.05) is 13.4 Å². The Morgan fingerprint density at radius 1 is 1.19 bits per heavy atom. The number of primary amides is 1. The third kappa shape index (κ3) is 3.92. The fourth-order valence-electron chi connectivity index (χ4n) is 1.84. The lowest BCUT2D eigenvalue weighted by molar-refractivity contribution is 0.0996. The summed E-state index contributed by atoms with van der Waals surface area (Å²) in [6.07, 6.45) is 2.03. The Hall–Kier alpha value is -2.14. The van der Waals surface area contributed by atoms with Crippen LogP contribution in [0, 0.1) is 0 Å². The molecule has 2 aromatic rings. The molecule has 0 atom stereocenters. The van der Waals surface area contributed by atoms with E-state index in [0.29, 0.717) is 23.7 Å². The summed E-state index contributed by atoms with van der Waals surface area (Å²) in [7, 11) is 1.56. The van der Waals surface area contributed by atoms with Crippen LogP contribution in [0.15, 0.2) is 47.4 Å². The minimum Gasteiger partial charge on any atom is -0.497 e. The third-order valence-electron chi connectivity index (χ3n) is 3.01. The number of ether oxygens (including phenoxy) is 2. The highest BCUT2D eigenvalue weighted by atomic mass is 32.2. The van der Waals surface area contributed by atoms with Crippen LogP contribution in [0.5, 0.6) is 11.5 Å². The van der Waals surface area contributed by atoms with E-state index >= 15 is 0 Å². The lowest BCUT2D eigenvalue weighted by atomic mass is 10.2. The first-order chi connectivity index (χ1) is 10.1. The normalized spacial score (nSPS) is 10.2. The van der Waals surface area contributed by atoms with Crippen molar-refractivity contribution < 1.29 is 14.3 Å². The number of hydrogen-bond donors (Lipinski definition) is 1. The van der Waals surface area contributed by atoms with Crippen molar-refractivity contribution in [3.05, 3.63) is 53.6 Å². The number of amides is 1. The Morgan fingerprint density at radius 2 is 1.90 bits per heavy atom. The van der Waals surface area contributed by atoms with Gasteiger partial charge in [0.1, 0.15) is 18.1 Å². The molecule has 5 heteroatoms. The van der Waals surface area contributed by atoms with Crippen LogP contribution < -0.4 is 15.2 Å². The van der Waals surface area contributed by atoms with Gasteiger partial charge in [0.15, 0.2) is 0 Å². The molecule has 4 nitrogen and oxygen atoms in total. The SMILES string of the molecule is COc1ccc(C(N)=O)c(OCc2ccc(SC)cc2)c1. The molecule has 0 aromatic heterocycles. The third-order valence-corrected chi connectivity index (χ3v) is 3.75. The molecule has 0 heterocycles. The van der Waals surface area contributed by atoms with E-state index in [1.807, 2.05) is 30.5 Å². The fourth-order valence-corrected chi connectivity index (χ4v) is 2.24. The van der Waals surface area contributed by atoms with E-state index in [1.54, 1.807) is 37.1 Å². The van der Waals surface area contributed by atoms with Gasteiger partial charge in [-0.05, 0) is 36.1 Å². The molecule has 0 fully saturated rings. The maximum absolute atomic E-state index is 11.4. The molecule has 0 radical (unpaired) electrons.